The number of aliphatic hydroxyl groups is 2. The molecule has 1 aliphatic rings. The van der Waals surface area contributed by atoms with Gasteiger partial charge in [0.25, 0.3) is 0 Å². The van der Waals surface area contributed by atoms with E-state index in [4.69, 9.17) is 43.4 Å². The molecule has 0 amide bonds. The number of aromatic nitrogens is 1. The first-order valence-electron chi connectivity index (χ1n) is 11.3. The van der Waals surface area contributed by atoms with Gasteiger partial charge in [-0.1, -0.05) is 35.3 Å². The largest absolute Gasteiger partial charge is 0.454 e. The lowest BCUT2D eigenvalue weighted by atomic mass is 10.0. The van der Waals surface area contributed by atoms with Crippen LogP contribution in [0.25, 0.3) is 22.2 Å². The highest BCUT2D eigenvalue weighted by Crippen LogP contribution is 2.41. The van der Waals surface area contributed by atoms with Gasteiger partial charge in [-0.05, 0) is 61.0 Å². The van der Waals surface area contributed by atoms with E-state index in [-0.39, 0.29) is 27.2 Å². The van der Waals surface area contributed by atoms with Gasteiger partial charge in [-0.15, -0.1) is 0 Å². The number of pyridine rings is 1. The van der Waals surface area contributed by atoms with E-state index in [1.54, 1.807) is 24.3 Å². The summed E-state index contributed by atoms with van der Waals surface area (Å²) in [5, 5.41) is 46.8. The predicted molar refractivity (Wildman–Crippen MR) is 144 cm³/mol. The Morgan fingerprint density at radius 3 is 2.34 bits per heavy atom. The Hall–Kier alpha value is -4.22. The van der Waals surface area contributed by atoms with Gasteiger partial charge in [0.2, 0.25) is 6.35 Å². The second-order valence-electron chi connectivity index (χ2n) is 8.42. The smallest absolute Gasteiger partial charge is 0.206 e. The Morgan fingerprint density at radius 1 is 0.974 bits per heavy atom. The molecular formula is C27H18Cl2N6O3. The van der Waals surface area contributed by atoms with Crippen molar-refractivity contribution >= 4 is 45.5 Å². The lowest BCUT2D eigenvalue weighted by Crippen LogP contribution is -2.55. The van der Waals surface area contributed by atoms with Crippen LogP contribution in [0.15, 0.2) is 65.8 Å². The Labute approximate surface area is 227 Å². The molecule has 2 atom stereocenters. The van der Waals surface area contributed by atoms with Crippen LogP contribution < -0.4 is 15.1 Å². The van der Waals surface area contributed by atoms with Gasteiger partial charge in [-0.2, -0.15) is 15.6 Å². The van der Waals surface area contributed by atoms with Crippen LogP contribution in [0, 0.1) is 29.6 Å². The van der Waals surface area contributed by atoms with Crippen LogP contribution in [0.1, 0.15) is 11.1 Å². The van der Waals surface area contributed by atoms with Crippen LogP contribution in [-0.2, 0) is 0 Å². The number of fused-ring (bicyclic) bond motifs is 1. The first-order chi connectivity index (χ1) is 18.3. The average molecular weight is 545 g/mol. The van der Waals surface area contributed by atoms with E-state index in [2.05, 4.69) is 16.5 Å². The van der Waals surface area contributed by atoms with E-state index in [1.165, 1.54) is 12.1 Å². The molecule has 4 aromatic rings. The summed E-state index contributed by atoms with van der Waals surface area (Å²) >= 11 is 13.0. The van der Waals surface area contributed by atoms with Crippen LogP contribution in [0.3, 0.4) is 0 Å². The number of hydrazone groups is 1. The van der Waals surface area contributed by atoms with Crippen molar-refractivity contribution in [1.82, 2.24) is 10.3 Å². The van der Waals surface area contributed by atoms with Gasteiger partial charge in [0.05, 0.1) is 38.6 Å². The minimum Gasteiger partial charge on any atom is -0.454 e. The van der Waals surface area contributed by atoms with Crippen molar-refractivity contribution in [3.05, 3.63) is 81.8 Å². The number of ether oxygens (including phenoxy) is 1. The molecule has 188 valence electrons. The number of aryl methyl sites for hydroxylation is 1. The van der Waals surface area contributed by atoms with Crippen molar-refractivity contribution in [2.24, 2.45) is 5.10 Å². The number of aliphatic hydroxyl groups excluding tert-OH is 2. The molecule has 3 N–H and O–H groups in total. The van der Waals surface area contributed by atoms with Crippen molar-refractivity contribution in [3.8, 4) is 34.9 Å². The fourth-order valence-electron chi connectivity index (χ4n) is 3.99. The first-order valence-corrected chi connectivity index (χ1v) is 12.0. The summed E-state index contributed by atoms with van der Waals surface area (Å²) < 4.78 is 6.02. The van der Waals surface area contributed by atoms with Gasteiger partial charge < -0.3 is 14.9 Å². The number of benzene rings is 3. The highest BCUT2D eigenvalue weighted by atomic mass is 35.5. The third-order valence-electron chi connectivity index (χ3n) is 5.89. The van der Waals surface area contributed by atoms with Crippen LogP contribution in [0.4, 0.5) is 5.69 Å². The molecule has 0 aliphatic carbocycles. The minimum absolute atomic E-state index is 0.144. The minimum atomic E-state index is -1.41. The summed E-state index contributed by atoms with van der Waals surface area (Å²) in [6, 6.07) is 21.5. The zero-order valence-corrected chi connectivity index (χ0v) is 21.2. The van der Waals surface area contributed by atoms with Crippen LogP contribution in [0.5, 0.6) is 11.5 Å². The second-order valence-corrected chi connectivity index (χ2v) is 9.23. The maximum atomic E-state index is 10.2. The third-order valence-corrected chi connectivity index (χ3v) is 6.45. The lowest BCUT2D eigenvalue weighted by Gasteiger charge is -2.32. The van der Waals surface area contributed by atoms with Crippen LogP contribution in [-0.4, -0.2) is 33.5 Å². The normalized spacial score (nSPS) is 17.0. The van der Waals surface area contributed by atoms with E-state index in [9.17, 15) is 10.2 Å². The van der Waals surface area contributed by atoms with Gasteiger partial charge in [0.15, 0.2) is 17.7 Å². The monoisotopic (exact) mass is 544 g/mol. The van der Waals surface area contributed by atoms with Crippen molar-refractivity contribution in [2.45, 2.75) is 19.5 Å². The van der Waals surface area contributed by atoms with E-state index < -0.39 is 12.6 Å². The summed E-state index contributed by atoms with van der Waals surface area (Å²) in [4.78, 5) is 4.76. The topological polar surface area (TPSA) is 138 Å². The third kappa shape index (κ3) is 4.85. The number of nitrogens with zero attached hydrogens (tertiary/aromatic N) is 5. The zero-order valence-electron chi connectivity index (χ0n) is 19.7. The molecule has 5 rings (SSSR count). The molecule has 0 saturated carbocycles. The zero-order chi connectivity index (χ0) is 27.0. The van der Waals surface area contributed by atoms with Gasteiger partial charge in [0, 0.05) is 10.9 Å². The molecule has 9 nitrogen and oxygen atoms in total. The summed E-state index contributed by atoms with van der Waals surface area (Å²) in [7, 11) is 0. The lowest BCUT2D eigenvalue weighted by molar-refractivity contribution is 0.0631. The fourth-order valence-corrected chi connectivity index (χ4v) is 4.55. The highest BCUT2D eigenvalue weighted by Gasteiger charge is 2.29. The average Bonchev–Trinajstić information content (AvgIpc) is 2.91. The predicted octanol–water partition coefficient (Wildman–Crippen LogP) is 5.06. The molecule has 0 fully saturated rings. The first kappa shape index (κ1) is 25.4. The molecule has 0 saturated heterocycles. The summed E-state index contributed by atoms with van der Waals surface area (Å²) in [5.41, 5.74) is 4.07. The van der Waals surface area contributed by atoms with Crippen molar-refractivity contribution in [3.63, 3.8) is 0 Å². The molecule has 2 heterocycles. The molecule has 1 aromatic heterocycles. The van der Waals surface area contributed by atoms with Gasteiger partial charge in [-0.3, -0.25) is 0 Å². The number of hydrogen-bond donors (Lipinski definition) is 3. The van der Waals surface area contributed by atoms with E-state index in [1.807, 2.05) is 37.3 Å². The Bertz CT molecular complexity index is 1650. The van der Waals surface area contributed by atoms with E-state index in [0.29, 0.717) is 11.3 Å². The number of nitrogens with one attached hydrogen (secondary N) is 1. The number of anilines is 1. The van der Waals surface area contributed by atoms with Gasteiger partial charge in [-0.25, -0.2) is 15.3 Å². The molecular weight excluding hydrogens is 527 g/mol. The maximum absolute atomic E-state index is 10.2. The molecule has 2 unspecified atom stereocenters. The molecule has 0 bridgehead atoms. The maximum Gasteiger partial charge on any atom is 0.206 e. The fraction of sp³-hybridized carbons (Fsp3) is 0.111. The number of nitriles is 2. The second kappa shape index (κ2) is 10.3. The van der Waals surface area contributed by atoms with Crippen molar-refractivity contribution < 1.29 is 14.9 Å². The van der Waals surface area contributed by atoms with Crippen LogP contribution >= 0.6 is 23.2 Å². The molecule has 1 aliphatic heterocycles. The van der Waals surface area contributed by atoms with Gasteiger partial charge >= 0.3 is 0 Å². The van der Waals surface area contributed by atoms with E-state index >= 15 is 0 Å². The summed E-state index contributed by atoms with van der Waals surface area (Å²) in [5.74, 6) is 0.679. The summed E-state index contributed by atoms with van der Waals surface area (Å²) in [6.07, 6.45) is -2.81. The summed E-state index contributed by atoms with van der Waals surface area (Å²) in [6.45, 7) is 1.97. The Morgan fingerprint density at radius 2 is 1.68 bits per heavy atom. The number of hydrogen-bond acceptors (Lipinski definition) is 9. The van der Waals surface area contributed by atoms with Crippen LogP contribution in [0.2, 0.25) is 10.0 Å². The quantitative estimate of drug-likeness (QED) is 0.324. The van der Waals surface area contributed by atoms with Gasteiger partial charge in [0.1, 0.15) is 11.8 Å². The highest BCUT2D eigenvalue weighted by molar-refractivity contribution is 6.37. The Balaban J connectivity index is 1.44. The molecule has 3 aromatic carbocycles. The molecule has 0 spiro atoms. The number of halogens is 2. The number of rotatable bonds is 4. The Kier molecular flexibility index (Phi) is 6.87. The molecule has 11 heteroatoms. The standard InChI is InChI=1S/C27H18Cl2N6O3/c1-14-8-23(16-4-2-15(12-30)3-5-16)32-22-7-6-18(11-19(14)22)38-25-20(28)9-17(10-21(25)29)35-27(37)33-26(36)24(13-31)34-35/h2-11,26-27,33,36-37H,1H3. The SMILES string of the molecule is Cc1cc(-c2ccc(C#N)cc2)nc2ccc(Oc3c(Cl)cc(N4N=C(C#N)C(O)NC4O)cc3Cl)cc12. The molecule has 0 radical (unpaired) electrons. The van der Waals surface area contributed by atoms with E-state index in [0.717, 1.165) is 32.7 Å². The van der Waals surface area contributed by atoms with Crippen molar-refractivity contribution in [1.29, 1.82) is 10.5 Å². The van der Waals surface area contributed by atoms with Crippen molar-refractivity contribution in [2.75, 3.05) is 5.01 Å². The molecule has 38 heavy (non-hydrogen) atoms.